The molecule has 0 saturated carbocycles. The van der Waals surface area contributed by atoms with Gasteiger partial charge in [0.15, 0.2) is 10.9 Å². The number of H-pyrrole nitrogens is 1. The lowest BCUT2D eigenvalue weighted by Gasteiger charge is -2.13. The molecule has 0 radical (unpaired) electrons. The third kappa shape index (κ3) is 2.51. The van der Waals surface area contributed by atoms with Gasteiger partial charge in [0.1, 0.15) is 0 Å². The second-order valence-corrected chi connectivity index (χ2v) is 8.83. The lowest BCUT2D eigenvalue weighted by Crippen LogP contribution is -2.12. The predicted molar refractivity (Wildman–Crippen MR) is 117 cm³/mol. The molecule has 0 unspecified atom stereocenters. The molecule has 2 heterocycles. The first kappa shape index (κ1) is 18.5. The van der Waals surface area contributed by atoms with Gasteiger partial charge in [-0.25, -0.2) is 0 Å². The van der Waals surface area contributed by atoms with E-state index in [1.54, 1.807) is 12.1 Å². The van der Waals surface area contributed by atoms with Crippen molar-refractivity contribution in [2.24, 2.45) is 7.05 Å². The molecular weight excluding hydrogens is 404 g/mol. The summed E-state index contributed by atoms with van der Waals surface area (Å²) in [5.74, 6) is 0. The van der Waals surface area contributed by atoms with E-state index < -0.39 is 10.1 Å². The Labute approximate surface area is 169 Å². The molecule has 5 rings (SSSR count). The molecule has 7 nitrogen and oxygen atoms in total. The van der Waals surface area contributed by atoms with E-state index in [2.05, 4.69) is 4.98 Å². The predicted octanol–water partition coefficient (Wildman–Crippen LogP) is 3.24. The van der Waals surface area contributed by atoms with Gasteiger partial charge in [-0.15, -0.1) is 0 Å². The van der Waals surface area contributed by atoms with Crippen molar-refractivity contribution < 1.29 is 13.0 Å². The second-order valence-electron chi connectivity index (χ2n) is 7.41. The van der Waals surface area contributed by atoms with Crippen LogP contribution in [0.3, 0.4) is 0 Å². The zero-order valence-electron chi connectivity index (χ0n) is 16.1. The number of pyridine rings is 2. The van der Waals surface area contributed by atoms with Gasteiger partial charge in [0.25, 0.3) is 10.1 Å². The molecular formula is C22H16N2O5S. The Kier molecular flexibility index (Phi) is 3.71. The number of nitrogens with one attached hydrogen (secondary N) is 1. The minimum absolute atomic E-state index is 0.134. The molecule has 0 aliphatic carbocycles. The quantitative estimate of drug-likeness (QED) is 0.320. The van der Waals surface area contributed by atoms with Crippen LogP contribution in [0.15, 0.2) is 63.0 Å². The van der Waals surface area contributed by atoms with Crippen molar-refractivity contribution >= 4 is 53.7 Å². The summed E-state index contributed by atoms with van der Waals surface area (Å²) in [5.41, 5.74) is 2.52. The Morgan fingerprint density at radius 3 is 2.33 bits per heavy atom. The lowest BCUT2D eigenvalue weighted by atomic mass is 10.0. The van der Waals surface area contributed by atoms with Gasteiger partial charge in [-0.1, -0.05) is 12.1 Å². The van der Waals surface area contributed by atoms with Crippen LogP contribution in [-0.4, -0.2) is 22.5 Å². The molecule has 0 amide bonds. The van der Waals surface area contributed by atoms with Crippen LogP contribution in [-0.2, 0) is 17.2 Å². The molecule has 0 atom stereocenters. The first-order valence-electron chi connectivity index (χ1n) is 9.16. The molecule has 150 valence electrons. The molecule has 0 bridgehead atoms. The first-order valence-corrected chi connectivity index (χ1v) is 10.6. The summed E-state index contributed by atoms with van der Waals surface area (Å²) in [6.45, 7) is 1.88. The van der Waals surface area contributed by atoms with Crippen LogP contribution in [0.4, 0.5) is 0 Å². The molecule has 0 aliphatic rings. The zero-order chi connectivity index (χ0) is 21.4. The van der Waals surface area contributed by atoms with Crippen molar-refractivity contribution in [1.29, 1.82) is 0 Å². The fraction of sp³-hybridized carbons (Fsp3) is 0.0909. The topological polar surface area (TPSA) is 109 Å². The number of fused-ring (bicyclic) bond motifs is 4. The van der Waals surface area contributed by atoms with Crippen molar-refractivity contribution in [2.75, 3.05) is 0 Å². The third-order valence-corrected chi connectivity index (χ3v) is 6.48. The van der Waals surface area contributed by atoms with E-state index in [9.17, 15) is 22.6 Å². The molecule has 0 aliphatic heterocycles. The van der Waals surface area contributed by atoms with Gasteiger partial charge >= 0.3 is 0 Å². The largest absolute Gasteiger partial charge is 0.354 e. The Bertz CT molecular complexity index is 1780. The fourth-order valence-electron chi connectivity index (χ4n) is 4.11. The van der Waals surface area contributed by atoms with Gasteiger partial charge in [-0.05, 0) is 48.9 Å². The number of nitrogens with zero attached hydrogens (tertiary/aromatic N) is 1. The van der Waals surface area contributed by atoms with Crippen molar-refractivity contribution in [3.8, 4) is 0 Å². The van der Waals surface area contributed by atoms with Crippen LogP contribution in [0.1, 0.15) is 5.56 Å². The van der Waals surface area contributed by atoms with Gasteiger partial charge in [-0.3, -0.25) is 14.1 Å². The van der Waals surface area contributed by atoms with Crippen LogP contribution in [0.5, 0.6) is 0 Å². The van der Waals surface area contributed by atoms with Crippen molar-refractivity contribution in [2.45, 2.75) is 11.8 Å². The Morgan fingerprint density at radius 2 is 1.60 bits per heavy atom. The highest BCUT2D eigenvalue weighted by atomic mass is 32.2. The minimum Gasteiger partial charge on any atom is -0.354 e. The fourth-order valence-corrected chi connectivity index (χ4v) is 4.61. The summed E-state index contributed by atoms with van der Waals surface area (Å²) in [6.07, 6.45) is 0. The van der Waals surface area contributed by atoms with Gasteiger partial charge < -0.3 is 9.55 Å². The molecule has 3 aromatic carbocycles. The normalized spacial score (nSPS) is 12.4. The maximum Gasteiger partial charge on any atom is 0.294 e. The summed E-state index contributed by atoms with van der Waals surface area (Å²) in [7, 11) is -2.56. The summed E-state index contributed by atoms with van der Waals surface area (Å²) in [6, 6.07) is 12.7. The number of aromatic nitrogens is 2. The standard InChI is InChI=1S/C22H16N2O5S/c1-11-4-3-5-18-20(11)22(26)15-9-17-14(10-19(15)24(18)2)21(25)13-7-6-12(30(27,28)29)8-16(13)23-17/h3-10H,1-2H3,(H,23,25)(H,27,28,29). The average Bonchev–Trinajstić information content (AvgIpc) is 2.70. The highest BCUT2D eigenvalue weighted by Crippen LogP contribution is 2.25. The van der Waals surface area contributed by atoms with Crippen LogP contribution in [0.25, 0.3) is 43.6 Å². The van der Waals surface area contributed by atoms with E-state index in [0.717, 1.165) is 11.1 Å². The van der Waals surface area contributed by atoms with Crippen LogP contribution >= 0.6 is 0 Å². The molecule has 5 aromatic rings. The van der Waals surface area contributed by atoms with Crippen molar-refractivity contribution in [3.05, 3.63) is 74.5 Å². The van der Waals surface area contributed by atoms with Gasteiger partial charge in [-0.2, -0.15) is 8.42 Å². The SMILES string of the molecule is Cc1cccc2c1c(=O)c1cc3[nH]c4cc(S(=O)(=O)O)ccc4c(=O)c3cc1n2C. The maximum absolute atomic E-state index is 13.2. The molecule has 8 heteroatoms. The number of hydrogen-bond donors (Lipinski definition) is 2. The summed E-state index contributed by atoms with van der Waals surface area (Å²) >= 11 is 0. The molecule has 30 heavy (non-hydrogen) atoms. The van der Waals surface area contributed by atoms with E-state index >= 15 is 0 Å². The molecule has 2 aromatic heterocycles. The van der Waals surface area contributed by atoms with Crippen LogP contribution in [0, 0.1) is 6.92 Å². The zero-order valence-corrected chi connectivity index (χ0v) is 16.9. The van der Waals surface area contributed by atoms with Gasteiger partial charge in [0, 0.05) is 28.6 Å². The van der Waals surface area contributed by atoms with E-state index in [1.165, 1.54) is 18.2 Å². The highest BCUT2D eigenvalue weighted by molar-refractivity contribution is 7.85. The number of benzene rings is 3. The Balaban J connectivity index is 1.99. The number of aryl methyl sites for hydroxylation is 2. The smallest absolute Gasteiger partial charge is 0.294 e. The average molecular weight is 420 g/mol. The third-order valence-electron chi connectivity index (χ3n) is 5.63. The summed E-state index contributed by atoms with van der Waals surface area (Å²) < 4.78 is 34.1. The first-order chi connectivity index (χ1) is 14.2. The maximum atomic E-state index is 13.2. The summed E-state index contributed by atoms with van der Waals surface area (Å²) in [5, 5.41) is 1.74. The Morgan fingerprint density at radius 1 is 0.867 bits per heavy atom. The Hall–Kier alpha value is -3.49. The van der Waals surface area contributed by atoms with Gasteiger partial charge in [0.05, 0.1) is 27.0 Å². The van der Waals surface area contributed by atoms with Crippen molar-refractivity contribution in [3.63, 3.8) is 0 Å². The van der Waals surface area contributed by atoms with E-state index in [1.807, 2.05) is 36.7 Å². The van der Waals surface area contributed by atoms with E-state index in [-0.39, 0.29) is 26.7 Å². The molecule has 2 N–H and O–H groups in total. The van der Waals surface area contributed by atoms with Gasteiger partial charge in [0.2, 0.25) is 0 Å². The van der Waals surface area contributed by atoms with Crippen LogP contribution in [0.2, 0.25) is 0 Å². The molecule has 0 saturated heterocycles. The number of rotatable bonds is 1. The van der Waals surface area contributed by atoms with Crippen molar-refractivity contribution in [1.82, 2.24) is 9.55 Å². The van der Waals surface area contributed by atoms with E-state index in [4.69, 9.17) is 0 Å². The van der Waals surface area contributed by atoms with E-state index in [0.29, 0.717) is 27.2 Å². The van der Waals surface area contributed by atoms with Crippen LogP contribution < -0.4 is 10.9 Å². The number of hydrogen-bond acceptors (Lipinski definition) is 4. The molecule has 0 spiro atoms. The number of aromatic amines is 1. The monoisotopic (exact) mass is 420 g/mol. The molecule has 0 fully saturated rings. The lowest BCUT2D eigenvalue weighted by molar-refractivity contribution is 0.483. The highest BCUT2D eigenvalue weighted by Gasteiger charge is 2.16. The minimum atomic E-state index is -4.41. The summed E-state index contributed by atoms with van der Waals surface area (Å²) in [4.78, 5) is 29.0. The second kappa shape index (κ2) is 6.01.